The molecule has 1 aliphatic heterocycles. The van der Waals surface area contributed by atoms with E-state index in [1.807, 2.05) is 0 Å². The number of nitrogens with zero attached hydrogens (tertiary/aromatic N) is 2. The average molecular weight is 283 g/mol. The number of carbonyl (C=O) groups is 1. The number of carboxylic acid groups (broad SMARTS) is 1. The zero-order valence-electron chi connectivity index (χ0n) is 12.7. The Balaban J connectivity index is 1.69. The highest BCUT2D eigenvalue weighted by atomic mass is 16.4. The fourth-order valence-corrected chi connectivity index (χ4v) is 3.59. The fourth-order valence-electron chi connectivity index (χ4n) is 3.59. The van der Waals surface area contributed by atoms with Crippen LogP contribution in [0, 0.1) is 5.92 Å². The number of hydrogen-bond donors (Lipinski definition) is 2. The first-order valence-corrected chi connectivity index (χ1v) is 7.95. The molecule has 1 aliphatic carbocycles. The number of carboxylic acids is 1. The summed E-state index contributed by atoms with van der Waals surface area (Å²) in [5.41, 5.74) is 5.10. The van der Waals surface area contributed by atoms with Gasteiger partial charge in [0.2, 0.25) is 0 Å². The van der Waals surface area contributed by atoms with Crippen molar-refractivity contribution in [3.8, 4) is 0 Å². The van der Waals surface area contributed by atoms with Gasteiger partial charge in [0.15, 0.2) is 0 Å². The van der Waals surface area contributed by atoms with Crippen LogP contribution in [0.15, 0.2) is 0 Å². The van der Waals surface area contributed by atoms with Crippen LogP contribution in [0.5, 0.6) is 0 Å². The van der Waals surface area contributed by atoms with Crippen LogP contribution < -0.4 is 5.73 Å². The Hall–Kier alpha value is -0.650. The number of hydrogen-bond acceptors (Lipinski definition) is 4. The molecular formula is C15H29N3O2. The Kier molecular flexibility index (Phi) is 5.41. The maximum absolute atomic E-state index is 11.3. The van der Waals surface area contributed by atoms with Crippen LogP contribution in [0.3, 0.4) is 0 Å². The second-order valence-corrected chi connectivity index (χ2v) is 6.58. The molecule has 2 atom stereocenters. The zero-order chi connectivity index (χ0) is 14.6. The molecule has 2 fully saturated rings. The summed E-state index contributed by atoms with van der Waals surface area (Å²) in [4.78, 5) is 16.2. The van der Waals surface area contributed by atoms with Gasteiger partial charge >= 0.3 is 5.97 Å². The second kappa shape index (κ2) is 6.87. The minimum atomic E-state index is -0.976. The highest BCUT2D eigenvalue weighted by Gasteiger charge is 2.45. The lowest BCUT2D eigenvalue weighted by Gasteiger charge is -2.29. The van der Waals surface area contributed by atoms with Crippen LogP contribution in [0.4, 0.5) is 0 Å². The Morgan fingerprint density at radius 2 is 2.05 bits per heavy atom. The second-order valence-electron chi connectivity index (χ2n) is 6.58. The van der Waals surface area contributed by atoms with Gasteiger partial charge in [0.25, 0.3) is 0 Å². The average Bonchev–Trinajstić information content (AvgIpc) is 3.04. The van der Waals surface area contributed by atoms with Crippen molar-refractivity contribution in [3.63, 3.8) is 0 Å². The molecule has 0 spiro atoms. The van der Waals surface area contributed by atoms with Gasteiger partial charge in [0.1, 0.15) is 5.54 Å². The summed E-state index contributed by atoms with van der Waals surface area (Å²) >= 11 is 0. The molecule has 0 aromatic carbocycles. The summed E-state index contributed by atoms with van der Waals surface area (Å²) in [6.45, 7) is 5.62. The van der Waals surface area contributed by atoms with Crippen molar-refractivity contribution in [3.05, 3.63) is 0 Å². The summed E-state index contributed by atoms with van der Waals surface area (Å²) in [6.07, 6.45) is 6.11. The van der Waals surface area contributed by atoms with Gasteiger partial charge in [-0.05, 0) is 64.7 Å². The third-order valence-corrected chi connectivity index (χ3v) is 5.13. The molecule has 0 aromatic rings. The highest BCUT2D eigenvalue weighted by Crippen LogP contribution is 2.36. The molecule has 5 heteroatoms. The first-order valence-electron chi connectivity index (χ1n) is 7.95. The van der Waals surface area contributed by atoms with Crippen molar-refractivity contribution >= 4 is 5.97 Å². The quantitative estimate of drug-likeness (QED) is 0.729. The topological polar surface area (TPSA) is 69.8 Å². The number of aliphatic carboxylic acids is 1. The smallest absolute Gasteiger partial charge is 0.323 e. The molecule has 1 saturated carbocycles. The lowest BCUT2D eigenvalue weighted by Crippen LogP contribution is -2.51. The molecule has 0 aromatic heterocycles. The third-order valence-electron chi connectivity index (χ3n) is 5.13. The maximum Gasteiger partial charge on any atom is 0.323 e. The molecule has 2 rings (SSSR count). The van der Waals surface area contributed by atoms with Crippen LogP contribution in [0.1, 0.15) is 38.5 Å². The van der Waals surface area contributed by atoms with E-state index < -0.39 is 11.5 Å². The van der Waals surface area contributed by atoms with Crippen molar-refractivity contribution < 1.29 is 9.90 Å². The largest absolute Gasteiger partial charge is 0.480 e. The van der Waals surface area contributed by atoms with E-state index in [-0.39, 0.29) is 5.92 Å². The fraction of sp³-hybridized carbons (Fsp3) is 0.933. The Bertz CT molecular complexity index is 331. The predicted octanol–water partition coefficient (Wildman–Crippen LogP) is 0.986. The molecule has 116 valence electrons. The number of rotatable bonds is 7. The third kappa shape index (κ3) is 3.71. The monoisotopic (exact) mass is 283 g/mol. The molecule has 0 amide bonds. The normalized spacial score (nSPS) is 31.2. The summed E-state index contributed by atoms with van der Waals surface area (Å²) < 4.78 is 0. The maximum atomic E-state index is 11.3. The predicted molar refractivity (Wildman–Crippen MR) is 79.7 cm³/mol. The highest BCUT2D eigenvalue weighted by molar-refractivity contribution is 5.79. The Morgan fingerprint density at radius 3 is 2.70 bits per heavy atom. The summed E-state index contributed by atoms with van der Waals surface area (Å²) in [6, 6.07) is 0. The van der Waals surface area contributed by atoms with Crippen LogP contribution in [-0.4, -0.2) is 66.2 Å². The van der Waals surface area contributed by atoms with Crippen molar-refractivity contribution in [1.82, 2.24) is 9.80 Å². The van der Waals surface area contributed by atoms with Gasteiger partial charge in [0, 0.05) is 13.1 Å². The minimum absolute atomic E-state index is 0.134. The standard InChI is InChI=1S/C15H29N3O2/c1-17(11-12-18-8-2-3-9-18)10-6-13-5-4-7-15(13,16)14(19)20/h13H,2-12,16H2,1H3,(H,19,20). The van der Waals surface area contributed by atoms with Crippen molar-refractivity contribution in [2.24, 2.45) is 11.7 Å². The van der Waals surface area contributed by atoms with E-state index in [1.165, 1.54) is 25.9 Å². The van der Waals surface area contributed by atoms with Crippen LogP contribution >= 0.6 is 0 Å². The van der Waals surface area contributed by atoms with E-state index >= 15 is 0 Å². The minimum Gasteiger partial charge on any atom is -0.480 e. The van der Waals surface area contributed by atoms with Gasteiger partial charge in [-0.15, -0.1) is 0 Å². The molecule has 1 saturated heterocycles. The van der Waals surface area contributed by atoms with E-state index in [2.05, 4.69) is 16.8 Å². The van der Waals surface area contributed by atoms with Crippen LogP contribution in [-0.2, 0) is 4.79 Å². The molecule has 20 heavy (non-hydrogen) atoms. The Morgan fingerprint density at radius 1 is 1.35 bits per heavy atom. The van der Waals surface area contributed by atoms with E-state index in [4.69, 9.17) is 5.73 Å². The molecule has 2 unspecified atom stereocenters. The van der Waals surface area contributed by atoms with Gasteiger partial charge in [-0.3, -0.25) is 4.79 Å². The lowest BCUT2D eigenvalue weighted by atomic mass is 9.85. The van der Waals surface area contributed by atoms with Gasteiger partial charge in [-0.1, -0.05) is 6.42 Å². The van der Waals surface area contributed by atoms with Crippen molar-refractivity contribution in [1.29, 1.82) is 0 Å². The molecular weight excluding hydrogens is 254 g/mol. The van der Waals surface area contributed by atoms with Gasteiger partial charge < -0.3 is 20.6 Å². The van der Waals surface area contributed by atoms with Gasteiger partial charge in [-0.2, -0.15) is 0 Å². The molecule has 2 aliphatic rings. The molecule has 0 radical (unpaired) electrons. The zero-order valence-corrected chi connectivity index (χ0v) is 12.7. The van der Waals surface area contributed by atoms with Crippen molar-refractivity contribution in [2.75, 3.05) is 39.8 Å². The van der Waals surface area contributed by atoms with Crippen LogP contribution in [0.25, 0.3) is 0 Å². The van der Waals surface area contributed by atoms with Crippen LogP contribution in [0.2, 0.25) is 0 Å². The number of nitrogens with two attached hydrogens (primary N) is 1. The molecule has 3 N–H and O–H groups in total. The summed E-state index contributed by atoms with van der Waals surface area (Å²) in [5.74, 6) is -0.686. The number of likely N-dealkylation sites (tertiary alicyclic amines) is 1. The Labute approximate surface area is 122 Å². The molecule has 1 heterocycles. The summed E-state index contributed by atoms with van der Waals surface area (Å²) in [5, 5.41) is 9.31. The van der Waals surface area contributed by atoms with E-state index in [9.17, 15) is 9.90 Å². The number of likely N-dealkylation sites (N-methyl/N-ethyl adjacent to an activating group) is 1. The van der Waals surface area contributed by atoms with Gasteiger partial charge in [-0.25, -0.2) is 0 Å². The first kappa shape index (κ1) is 15.7. The molecule has 0 bridgehead atoms. The van der Waals surface area contributed by atoms with E-state index in [0.717, 1.165) is 38.9 Å². The summed E-state index contributed by atoms with van der Waals surface area (Å²) in [7, 11) is 2.13. The van der Waals surface area contributed by atoms with Crippen molar-refractivity contribution in [2.45, 2.75) is 44.1 Å². The lowest BCUT2D eigenvalue weighted by molar-refractivity contribution is -0.144. The SMILES string of the molecule is CN(CCC1CCCC1(N)C(=O)O)CCN1CCCC1. The van der Waals surface area contributed by atoms with E-state index in [1.54, 1.807) is 0 Å². The van der Waals surface area contributed by atoms with E-state index in [0.29, 0.717) is 6.42 Å². The first-order chi connectivity index (χ1) is 9.52. The molecule has 5 nitrogen and oxygen atoms in total. The van der Waals surface area contributed by atoms with Gasteiger partial charge in [0.05, 0.1) is 0 Å².